The maximum atomic E-state index is 4.70. The van der Waals surface area contributed by atoms with Crippen molar-refractivity contribution in [3.63, 3.8) is 0 Å². The molecule has 6 rings (SSSR count). The lowest BCUT2D eigenvalue weighted by molar-refractivity contribution is -0.659. The van der Waals surface area contributed by atoms with E-state index >= 15 is 0 Å². The average Bonchev–Trinajstić information content (AvgIpc) is 3.54. The van der Waals surface area contributed by atoms with Gasteiger partial charge in [-0.1, -0.05) is 70.2 Å². The van der Waals surface area contributed by atoms with Gasteiger partial charge in [0.15, 0.2) is 0 Å². The third-order valence-electron chi connectivity index (χ3n) is 7.66. The fourth-order valence-corrected chi connectivity index (χ4v) is 5.95. The Morgan fingerprint density at radius 1 is 0.829 bits per heavy atom. The second-order valence-corrected chi connectivity index (χ2v) is 10.5. The van der Waals surface area contributed by atoms with Crippen LogP contribution in [0.1, 0.15) is 67.6 Å². The Hall–Kier alpha value is -3.66. The molecule has 0 aliphatic carbocycles. The van der Waals surface area contributed by atoms with Crippen molar-refractivity contribution in [2.24, 2.45) is 7.05 Å². The first-order valence-corrected chi connectivity index (χ1v) is 12.7. The predicted octanol–water partition coefficient (Wildman–Crippen LogP) is 6.77. The summed E-state index contributed by atoms with van der Waals surface area (Å²) >= 11 is 0. The molecule has 0 bridgehead atoms. The van der Waals surface area contributed by atoms with Gasteiger partial charge in [0.2, 0.25) is 0 Å². The molecule has 35 heavy (non-hydrogen) atoms. The van der Waals surface area contributed by atoms with Crippen LogP contribution < -0.4 is 4.57 Å². The third-order valence-corrected chi connectivity index (χ3v) is 7.66. The summed E-state index contributed by atoms with van der Waals surface area (Å²) in [6.45, 7) is 11.5. The number of hydrogen-bond acceptors (Lipinski definition) is 1. The summed E-state index contributed by atoms with van der Waals surface area (Å²) in [6.07, 6.45) is 9.35. The monoisotopic (exact) mass is 461 g/mol. The van der Waals surface area contributed by atoms with Gasteiger partial charge in [-0.2, -0.15) is 4.57 Å². The first kappa shape index (κ1) is 21.8. The number of benzene rings is 3. The van der Waals surface area contributed by atoms with Gasteiger partial charge in [-0.15, -0.1) is 0 Å². The minimum atomic E-state index is 0.424. The lowest BCUT2D eigenvalue weighted by Gasteiger charge is -2.20. The molecular formula is C31H33N4+. The van der Waals surface area contributed by atoms with Crippen LogP contribution in [-0.2, 0) is 13.5 Å². The molecule has 0 amide bonds. The summed E-state index contributed by atoms with van der Waals surface area (Å²) in [5.74, 6) is 3.17. The number of fused-ring (bicyclic) bond motifs is 5. The van der Waals surface area contributed by atoms with Gasteiger partial charge in [-0.05, 0) is 40.7 Å². The summed E-state index contributed by atoms with van der Waals surface area (Å²) in [4.78, 5) is 4.70. The van der Waals surface area contributed by atoms with Crippen LogP contribution in [-0.4, -0.2) is 14.1 Å². The van der Waals surface area contributed by atoms with Gasteiger partial charge >= 0.3 is 0 Å². The highest BCUT2D eigenvalue weighted by molar-refractivity contribution is 5.99. The van der Waals surface area contributed by atoms with Crippen LogP contribution in [0, 0.1) is 6.92 Å². The van der Waals surface area contributed by atoms with Crippen molar-refractivity contribution in [3.05, 3.63) is 95.3 Å². The molecule has 1 aliphatic rings. The van der Waals surface area contributed by atoms with Crippen molar-refractivity contribution in [2.45, 2.75) is 52.9 Å². The van der Waals surface area contributed by atoms with Crippen molar-refractivity contribution in [1.82, 2.24) is 14.1 Å². The summed E-state index contributed by atoms with van der Waals surface area (Å²) in [5, 5.41) is 2.65. The van der Waals surface area contributed by atoms with Crippen LogP contribution >= 0.6 is 0 Å². The Bertz CT molecular complexity index is 1570. The Labute approximate surface area is 207 Å². The second kappa shape index (κ2) is 7.94. The maximum Gasteiger partial charge on any atom is 0.296 e. The maximum absolute atomic E-state index is 4.70. The van der Waals surface area contributed by atoms with Crippen molar-refractivity contribution >= 4 is 10.8 Å². The Kier molecular flexibility index (Phi) is 4.96. The number of rotatable bonds is 4. The fraction of sp³-hybridized carbons (Fsp3) is 0.290. The Morgan fingerprint density at radius 3 is 2.20 bits per heavy atom. The molecule has 0 unspecified atom stereocenters. The molecule has 0 N–H and O–H groups in total. The summed E-state index contributed by atoms with van der Waals surface area (Å²) in [6, 6.07) is 15.6. The molecule has 4 nitrogen and oxygen atoms in total. The SMILES string of the molecule is Cc1c(-c2n(-c3c(C(C)C)cccc3C(C)C)cc[n+]2C)c2c(c3ccccc13)Cc1nccn1-2. The average molecular weight is 462 g/mol. The van der Waals surface area contributed by atoms with E-state index in [4.69, 9.17) is 4.98 Å². The quantitative estimate of drug-likeness (QED) is 0.266. The first-order chi connectivity index (χ1) is 16.9. The van der Waals surface area contributed by atoms with E-state index in [1.807, 2.05) is 6.20 Å². The summed E-state index contributed by atoms with van der Waals surface area (Å²) < 4.78 is 7.03. The molecule has 0 atom stereocenters. The van der Waals surface area contributed by atoms with E-state index in [1.165, 1.54) is 55.8 Å². The molecule has 4 heteroatoms. The molecule has 0 fully saturated rings. The molecule has 3 aromatic carbocycles. The smallest absolute Gasteiger partial charge is 0.296 e. The van der Waals surface area contributed by atoms with E-state index in [9.17, 15) is 0 Å². The number of aromatic nitrogens is 4. The van der Waals surface area contributed by atoms with Crippen LogP contribution in [0.3, 0.4) is 0 Å². The van der Waals surface area contributed by atoms with Crippen molar-refractivity contribution in [2.75, 3.05) is 0 Å². The van der Waals surface area contributed by atoms with E-state index in [1.54, 1.807) is 0 Å². The normalized spacial score (nSPS) is 12.7. The van der Waals surface area contributed by atoms with Crippen LogP contribution in [0.5, 0.6) is 0 Å². The zero-order valence-electron chi connectivity index (χ0n) is 21.5. The van der Waals surface area contributed by atoms with E-state index in [-0.39, 0.29) is 0 Å². The molecule has 3 heterocycles. The van der Waals surface area contributed by atoms with Crippen LogP contribution in [0.15, 0.2) is 67.3 Å². The van der Waals surface area contributed by atoms with Crippen molar-refractivity contribution in [1.29, 1.82) is 0 Å². The number of nitrogens with zero attached hydrogens (tertiary/aromatic N) is 4. The lowest BCUT2D eigenvalue weighted by Crippen LogP contribution is -2.30. The van der Waals surface area contributed by atoms with Crippen LogP contribution in [0.2, 0.25) is 0 Å². The van der Waals surface area contributed by atoms with E-state index < -0.39 is 0 Å². The standard InChI is InChI=1S/C31H33N4/c1-19(2)22-12-9-13-23(20(3)4)29(22)35-17-16-33(6)31(35)28-21(5)24-10-7-8-11-25(24)26-18-27-32-14-15-34(27)30(26)28/h7-17,19-20H,18H2,1-6H3/q+1. The zero-order valence-corrected chi connectivity index (χ0v) is 21.5. The van der Waals surface area contributed by atoms with Gasteiger partial charge in [0.25, 0.3) is 5.82 Å². The molecule has 2 aromatic heterocycles. The topological polar surface area (TPSA) is 26.6 Å². The predicted molar refractivity (Wildman–Crippen MR) is 143 cm³/mol. The molecular weight excluding hydrogens is 428 g/mol. The Balaban J connectivity index is 1.76. The number of hydrogen-bond donors (Lipinski definition) is 0. The van der Waals surface area contributed by atoms with Crippen LogP contribution in [0.25, 0.3) is 33.5 Å². The highest BCUT2D eigenvalue weighted by atomic mass is 15.2. The number of para-hydroxylation sites is 1. The molecule has 1 aliphatic heterocycles. The largest absolute Gasteiger partial charge is 0.302 e. The van der Waals surface area contributed by atoms with E-state index in [0.717, 1.165) is 12.2 Å². The minimum absolute atomic E-state index is 0.424. The minimum Gasteiger partial charge on any atom is -0.302 e. The highest BCUT2D eigenvalue weighted by Crippen LogP contribution is 2.44. The number of aryl methyl sites for hydroxylation is 2. The third kappa shape index (κ3) is 3.12. The molecule has 0 saturated carbocycles. The Morgan fingerprint density at radius 2 is 1.51 bits per heavy atom. The fourth-order valence-electron chi connectivity index (χ4n) is 5.95. The van der Waals surface area contributed by atoms with Gasteiger partial charge in [-0.3, -0.25) is 0 Å². The summed E-state index contributed by atoms with van der Waals surface area (Å²) in [5.41, 5.74) is 9.33. The number of imidazole rings is 2. The highest BCUT2D eigenvalue weighted by Gasteiger charge is 2.34. The molecule has 0 radical (unpaired) electrons. The van der Waals surface area contributed by atoms with Gasteiger partial charge in [0, 0.05) is 29.9 Å². The van der Waals surface area contributed by atoms with Gasteiger partial charge in [-0.25, -0.2) is 9.55 Å². The van der Waals surface area contributed by atoms with E-state index in [0.29, 0.717) is 11.8 Å². The van der Waals surface area contributed by atoms with Gasteiger partial charge in [0.05, 0.1) is 18.3 Å². The molecule has 5 aromatic rings. The van der Waals surface area contributed by atoms with Crippen LogP contribution in [0.4, 0.5) is 0 Å². The van der Waals surface area contributed by atoms with Gasteiger partial charge < -0.3 is 4.57 Å². The molecule has 176 valence electrons. The van der Waals surface area contributed by atoms with Crippen molar-refractivity contribution in [3.8, 4) is 22.8 Å². The lowest BCUT2D eigenvalue weighted by atomic mass is 9.90. The van der Waals surface area contributed by atoms with Crippen molar-refractivity contribution < 1.29 is 4.57 Å². The van der Waals surface area contributed by atoms with Gasteiger partial charge in [0.1, 0.15) is 23.9 Å². The summed E-state index contributed by atoms with van der Waals surface area (Å²) in [7, 11) is 2.17. The van der Waals surface area contributed by atoms with E-state index in [2.05, 4.69) is 116 Å². The molecule has 0 spiro atoms. The zero-order chi connectivity index (χ0) is 24.4. The molecule has 0 saturated heterocycles. The second-order valence-electron chi connectivity index (χ2n) is 10.5. The first-order valence-electron chi connectivity index (χ1n) is 12.7.